The third-order valence-electron chi connectivity index (χ3n) is 4.60. The molecule has 29 heavy (non-hydrogen) atoms. The Hall–Kier alpha value is -3.20. The van der Waals surface area contributed by atoms with Crippen molar-refractivity contribution in [3.8, 4) is 0 Å². The van der Waals surface area contributed by atoms with Crippen molar-refractivity contribution >= 4 is 32.8 Å². The van der Waals surface area contributed by atoms with Gasteiger partial charge in [0.25, 0.3) is 15.9 Å². The van der Waals surface area contributed by atoms with Gasteiger partial charge in [-0.3, -0.25) is 9.59 Å². The molecule has 0 aliphatic carbocycles. The summed E-state index contributed by atoms with van der Waals surface area (Å²) in [7, 11) is -1.06. The first-order chi connectivity index (χ1) is 13.5. The van der Waals surface area contributed by atoms with Gasteiger partial charge in [0, 0.05) is 30.7 Å². The Morgan fingerprint density at radius 2 is 1.83 bits per heavy atom. The molecule has 3 rings (SSSR count). The second-order valence-electron chi connectivity index (χ2n) is 6.79. The summed E-state index contributed by atoms with van der Waals surface area (Å²) in [6.45, 7) is 1.47. The van der Waals surface area contributed by atoms with Crippen LogP contribution in [-0.4, -0.2) is 48.4 Å². The molecule has 0 saturated heterocycles. The topological polar surface area (TPSA) is 96.7 Å². The van der Waals surface area contributed by atoms with E-state index in [1.54, 1.807) is 14.1 Å². The Labute approximate surface area is 167 Å². The van der Waals surface area contributed by atoms with Crippen LogP contribution < -0.4 is 0 Å². The molecule has 0 aliphatic rings. The number of carbonyl (C=O) groups is 2. The molecule has 0 bridgehead atoms. The fourth-order valence-electron chi connectivity index (χ4n) is 3.26. The maximum absolute atomic E-state index is 13.8. The highest BCUT2D eigenvalue weighted by Gasteiger charge is 2.27. The number of hydrogen-bond donors (Lipinski definition) is 1. The largest absolute Gasteiger partial charge is 0.481 e. The van der Waals surface area contributed by atoms with Crippen LogP contribution in [-0.2, 0) is 21.2 Å². The van der Waals surface area contributed by atoms with Crippen molar-refractivity contribution in [3.05, 3.63) is 65.1 Å². The summed E-state index contributed by atoms with van der Waals surface area (Å²) in [6, 6.07) is 9.13. The molecule has 0 radical (unpaired) electrons. The smallest absolute Gasteiger partial charge is 0.307 e. The van der Waals surface area contributed by atoms with Crippen molar-refractivity contribution in [2.24, 2.45) is 0 Å². The molecule has 1 N–H and O–H groups in total. The van der Waals surface area contributed by atoms with Crippen LogP contribution in [0.15, 0.2) is 47.4 Å². The van der Waals surface area contributed by atoms with Crippen molar-refractivity contribution < 1.29 is 27.5 Å². The van der Waals surface area contributed by atoms with E-state index in [9.17, 15) is 27.5 Å². The highest BCUT2D eigenvalue weighted by Crippen LogP contribution is 2.31. The molecule has 0 spiro atoms. The van der Waals surface area contributed by atoms with Gasteiger partial charge in [0.2, 0.25) is 0 Å². The highest BCUT2D eigenvalue weighted by atomic mass is 32.2. The molecular weight excluding hydrogens is 399 g/mol. The van der Waals surface area contributed by atoms with Gasteiger partial charge in [0.15, 0.2) is 0 Å². The van der Waals surface area contributed by atoms with E-state index in [1.165, 1.54) is 42.2 Å². The summed E-state index contributed by atoms with van der Waals surface area (Å²) in [5.74, 6) is -2.12. The fourth-order valence-corrected chi connectivity index (χ4v) is 4.89. The number of carboxylic acids is 1. The average Bonchev–Trinajstić information content (AvgIpc) is 2.92. The van der Waals surface area contributed by atoms with E-state index in [1.807, 2.05) is 0 Å². The standard InChI is InChI=1S/C20H19FN2O5S/c1-12-16(11-19(24)25)17-10-14(21)7-8-18(17)23(12)29(27,28)15-6-4-5-13(9-15)20(26)22(2)3/h4-10H,11H2,1-3H3,(H,24,25). The SMILES string of the molecule is Cc1c(CC(=O)O)c2cc(F)ccc2n1S(=O)(=O)c1cccc(C(=O)N(C)C)c1. The van der Waals surface area contributed by atoms with E-state index in [-0.39, 0.29) is 38.5 Å². The molecule has 0 aliphatic heterocycles. The summed E-state index contributed by atoms with van der Waals surface area (Å²) in [6.07, 6.45) is -0.451. The van der Waals surface area contributed by atoms with Crippen LogP contribution in [0.2, 0.25) is 0 Å². The number of fused-ring (bicyclic) bond motifs is 1. The first kappa shape index (κ1) is 20.5. The lowest BCUT2D eigenvalue weighted by atomic mass is 10.1. The second kappa shape index (κ2) is 7.32. The van der Waals surface area contributed by atoms with Gasteiger partial charge in [0.1, 0.15) is 5.82 Å². The minimum absolute atomic E-state index is 0.128. The number of benzene rings is 2. The summed E-state index contributed by atoms with van der Waals surface area (Å²) in [5.41, 5.74) is 0.764. The van der Waals surface area contributed by atoms with Gasteiger partial charge in [-0.2, -0.15) is 0 Å². The van der Waals surface area contributed by atoms with Crippen LogP contribution in [0, 0.1) is 12.7 Å². The lowest BCUT2D eigenvalue weighted by Gasteiger charge is -2.13. The Morgan fingerprint density at radius 1 is 1.14 bits per heavy atom. The molecule has 1 heterocycles. The zero-order valence-electron chi connectivity index (χ0n) is 16.0. The molecule has 1 aromatic heterocycles. The molecule has 0 saturated carbocycles. The van der Waals surface area contributed by atoms with Crippen LogP contribution in [0.3, 0.4) is 0 Å². The van der Waals surface area contributed by atoms with Crippen molar-refractivity contribution in [2.45, 2.75) is 18.2 Å². The number of amides is 1. The van der Waals surface area contributed by atoms with Crippen molar-refractivity contribution in [1.29, 1.82) is 0 Å². The molecular formula is C20H19FN2O5S. The Morgan fingerprint density at radius 3 is 2.45 bits per heavy atom. The summed E-state index contributed by atoms with van der Waals surface area (Å²) >= 11 is 0. The molecule has 2 aromatic carbocycles. The van der Waals surface area contributed by atoms with Crippen LogP contribution in [0.25, 0.3) is 10.9 Å². The van der Waals surface area contributed by atoms with Crippen LogP contribution in [0.5, 0.6) is 0 Å². The molecule has 152 valence electrons. The first-order valence-corrected chi connectivity index (χ1v) is 10.1. The van der Waals surface area contributed by atoms with E-state index >= 15 is 0 Å². The fraction of sp³-hybridized carbons (Fsp3) is 0.200. The van der Waals surface area contributed by atoms with Gasteiger partial charge in [-0.25, -0.2) is 16.8 Å². The Balaban J connectivity index is 2.28. The first-order valence-electron chi connectivity index (χ1n) is 8.62. The van der Waals surface area contributed by atoms with Gasteiger partial charge in [-0.1, -0.05) is 6.07 Å². The Bertz CT molecular complexity index is 1250. The average molecular weight is 418 g/mol. The number of carbonyl (C=O) groups excluding carboxylic acids is 1. The number of hydrogen-bond acceptors (Lipinski definition) is 4. The lowest BCUT2D eigenvalue weighted by molar-refractivity contribution is -0.136. The van der Waals surface area contributed by atoms with E-state index in [2.05, 4.69) is 0 Å². The van der Waals surface area contributed by atoms with E-state index in [4.69, 9.17) is 0 Å². The zero-order chi connectivity index (χ0) is 21.5. The maximum Gasteiger partial charge on any atom is 0.307 e. The molecule has 1 amide bonds. The summed E-state index contributed by atoms with van der Waals surface area (Å²) < 4.78 is 41.6. The molecule has 0 unspecified atom stereocenters. The minimum Gasteiger partial charge on any atom is -0.481 e. The monoisotopic (exact) mass is 418 g/mol. The maximum atomic E-state index is 13.8. The number of aliphatic carboxylic acids is 1. The quantitative estimate of drug-likeness (QED) is 0.687. The highest BCUT2D eigenvalue weighted by molar-refractivity contribution is 7.90. The lowest BCUT2D eigenvalue weighted by Crippen LogP contribution is -2.22. The van der Waals surface area contributed by atoms with Crippen LogP contribution >= 0.6 is 0 Å². The van der Waals surface area contributed by atoms with E-state index in [0.29, 0.717) is 0 Å². The predicted octanol–water partition coefficient (Wildman–Crippen LogP) is 2.65. The van der Waals surface area contributed by atoms with Crippen molar-refractivity contribution in [1.82, 2.24) is 8.87 Å². The van der Waals surface area contributed by atoms with Gasteiger partial charge < -0.3 is 10.0 Å². The van der Waals surface area contributed by atoms with E-state index in [0.717, 1.165) is 16.1 Å². The van der Waals surface area contributed by atoms with Crippen molar-refractivity contribution in [2.75, 3.05) is 14.1 Å². The number of aromatic nitrogens is 1. The van der Waals surface area contributed by atoms with E-state index < -0.39 is 28.2 Å². The number of nitrogens with zero attached hydrogens (tertiary/aromatic N) is 2. The third kappa shape index (κ3) is 3.61. The molecule has 0 fully saturated rings. The predicted molar refractivity (Wildman–Crippen MR) is 105 cm³/mol. The molecule has 3 aromatic rings. The zero-order valence-corrected chi connectivity index (χ0v) is 16.8. The number of rotatable bonds is 5. The van der Waals surface area contributed by atoms with Crippen molar-refractivity contribution in [3.63, 3.8) is 0 Å². The molecule has 7 nitrogen and oxygen atoms in total. The van der Waals surface area contributed by atoms with Crippen LogP contribution in [0.4, 0.5) is 4.39 Å². The number of halogens is 1. The van der Waals surface area contributed by atoms with Gasteiger partial charge >= 0.3 is 5.97 Å². The normalized spacial score (nSPS) is 11.6. The molecule has 9 heteroatoms. The molecule has 0 atom stereocenters. The summed E-state index contributed by atoms with van der Waals surface area (Å²) in [4.78, 5) is 24.7. The van der Waals surface area contributed by atoms with Gasteiger partial charge in [-0.05, 0) is 48.9 Å². The number of carboxylic acid groups (broad SMARTS) is 1. The summed E-state index contributed by atoms with van der Waals surface area (Å²) in [5, 5.41) is 9.42. The van der Waals surface area contributed by atoms with Gasteiger partial charge in [0.05, 0.1) is 16.8 Å². The van der Waals surface area contributed by atoms with Crippen LogP contribution in [0.1, 0.15) is 21.6 Å². The van der Waals surface area contributed by atoms with Gasteiger partial charge in [-0.15, -0.1) is 0 Å². The minimum atomic E-state index is -4.18. The second-order valence-corrected chi connectivity index (χ2v) is 8.58. The Kier molecular flexibility index (Phi) is 5.18. The third-order valence-corrected chi connectivity index (χ3v) is 6.40.